The van der Waals surface area contributed by atoms with Crippen molar-refractivity contribution in [2.24, 2.45) is 0 Å². The van der Waals surface area contributed by atoms with E-state index in [0.29, 0.717) is 18.7 Å². The van der Waals surface area contributed by atoms with Gasteiger partial charge in [-0.3, -0.25) is 9.48 Å². The molecule has 0 aliphatic heterocycles. The molecule has 142 valence electrons. The molecule has 0 unspecified atom stereocenters. The zero-order valence-electron chi connectivity index (χ0n) is 15.7. The van der Waals surface area contributed by atoms with Gasteiger partial charge in [0.2, 0.25) is 0 Å². The van der Waals surface area contributed by atoms with Gasteiger partial charge in [-0.25, -0.2) is 9.97 Å². The number of aromatic nitrogens is 5. The molecule has 0 bridgehead atoms. The van der Waals surface area contributed by atoms with Gasteiger partial charge in [0.15, 0.2) is 5.65 Å². The van der Waals surface area contributed by atoms with Crippen LogP contribution in [0.4, 0.5) is 0 Å². The first-order valence-corrected chi connectivity index (χ1v) is 9.32. The molecule has 1 N–H and O–H groups in total. The molecule has 7 nitrogen and oxygen atoms in total. The fraction of sp³-hybridized carbons (Fsp3) is 0.238. The van der Waals surface area contributed by atoms with Gasteiger partial charge in [-0.05, 0) is 31.0 Å². The van der Waals surface area contributed by atoms with E-state index in [1.165, 1.54) is 5.56 Å². The highest BCUT2D eigenvalue weighted by Crippen LogP contribution is 2.13. The van der Waals surface area contributed by atoms with Gasteiger partial charge in [0, 0.05) is 31.2 Å². The van der Waals surface area contributed by atoms with Crippen LogP contribution in [-0.2, 0) is 19.5 Å². The molecule has 4 aromatic rings. The van der Waals surface area contributed by atoms with Crippen LogP contribution in [-0.4, -0.2) is 36.8 Å². The average molecular weight is 374 g/mol. The molecule has 0 fully saturated rings. The summed E-state index contributed by atoms with van der Waals surface area (Å²) in [7, 11) is 0. The highest BCUT2D eigenvalue weighted by atomic mass is 16.1. The highest BCUT2D eigenvalue weighted by molar-refractivity contribution is 5.96. The SMILES string of the molecule is Cc1ccnn1CCNC(=O)c1cnc2c(c1)ncn2CCc1ccccc1. The fourth-order valence-electron chi connectivity index (χ4n) is 3.14. The number of carbonyl (C=O) groups is 1. The molecular formula is C21H22N6O. The Labute approximate surface area is 163 Å². The van der Waals surface area contributed by atoms with Crippen molar-refractivity contribution in [2.45, 2.75) is 26.4 Å². The van der Waals surface area contributed by atoms with E-state index < -0.39 is 0 Å². The molecule has 1 amide bonds. The topological polar surface area (TPSA) is 77.6 Å². The predicted octanol–water partition coefficient (Wildman–Crippen LogP) is 2.61. The van der Waals surface area contributed by atoms with Crippen molar-refractivity contribution in [2.75, 3.05) is 6.54 Å². The van der Waals surface area contributed by atoms with E-state index in [4.69, 9.17) is 0 Å². The molecule has 0 saturated heterocycles. The van der Waals surface area contributed by atoms with E-state index >= 15 is 0 Å². The molecular weight excluding hydrogens is 352 g/mol. The number of hydrogen-bond acceptors (Lipinski definition) is 4. The Morgan fingerprint density at radius 3 is 2.75 bits per heavy atom. The normalized spacial score (nSPS) is 11.0. The Morgan fingerprint density at radius 2 is 1.96 bits per heavy atom. The molecule has 0 saturated carbocycles. The van der Waals surface area contributed by atoms with Gasteiger partial charge in [-0.1, -0.05) is 30.3 Å². The molecule has 3 heterocycles. The summed E-state index contributed by atoms with van der Waals surface area (Å²) in [5, 5.41) is 7.12. The van der Waals surface area contributed by atoms with Gasteiger partial charge < -0.3 is 9.88 Å². The van der Waals surface area contributed by atoms with Crippen LogP contribution < -0.4 is 5.32 Å². The molecule has 1 aromatic carbocycles. The first-order valence-electron chi connectivity index (χ1n) is 9.32. The number of hydrogen-bond donors (Lipinski definition) is 1. The van der Waals surface area contributed by atoms with Gasteiger partial charge in [-0.15, -0.1) is 0 Å². The predicted molar refractivity (Wildman–Crippen MR) is 107 cm³/mol. The Balaban J connectivity index is 1.39. The first kappa shape index (κ1) is 17.9. The second kappa shape index (κ2) is 8.04. The average Bonchev–Trinajstić information content (AvgIpc) is 3.32. The minimum Gasteiger partial charge on any atom is -0.350 e. The van der Waals surface area contributed by atoms with Crippen LogP contribution in [0.3, 0.4) is 0 Å². The summed E-state index contributed by atoms with van der Waals surface area (Å²) in [6.45, 7) is 3.92. The minimum absolute atomic E-state index is 0.155. The molecule has 3 aromatic heterocycles. The number of carbonyl (C=O) groups excluding carboxylic acids is 1. The highest BCUT2D eigenvalue weighted by Gasteiger charge is 2.10. The molecule has 7 heteroatoms. The Hall–Kier alpha value is -3.48. The number of fused-ring (bicyclic) bond motifs is 1. The summed E-state index contributed by atoms with van der Waals surface area (Å²) in [6.07, 6.45) is 6.05. The summed E-state index contributed by atoms with van der Waals surface area (Å²) in [5.74, 6) is -0.155. The van der Waals surface area contributed by atoms with E-state index in [2.05, 4.69) is 32.5 Å². The maximum absolute atomic E-state index is 12.4. The number of nitrogens with one attached hydrogen (secondary N) is 1. The molecule has 0 aliphatic carbocycles. The Morgan fingerprint density at radius 1 is 1.11 bits per heavy atom. The maximum Gasteiger partial charge on any atom is 0.252 e. The minimum atomic E-state index is -0.155. The lowest BCUT2D eigenvalue weighted by atomic mass is 10.1. The van der Waals surface area contributed by atoms with E-state index in [0.717, 1.165) is 29.8 Å². The number of benzene rings is 1. The molecule has 4 rings (SSSR count). The van der Waals surface area contributed by atoms with Crippen LogP contribution in [0, 0.1) is 6.92 Å². The smallest absolute Gasteiger partial charge is 0.252 e. The molecule has 28 heavy (non-hydrogen) atoms. The summed E-state index contributed by atoms with van der Waals surface area (Å²) < 4.78 is 3.88. The van der Waals surface area contributed by atoms with Gasteiger partial charge in [-0.2, -0.15) is 5.10 Å². The largest absolute Gasteiger partial charge is 0.350 e. The quantitative estimate of drug-likeness (QED) is 0.539. The van der Waals surface area contributed by atoms with Crippen molar-refractivity contribution < 1.29 is 4.79 Å². The number of imidazole rings is 1. The molecule has 0 aliphatic rings. The van der Waals surface area contributed by atoms with Crippen LogP contribution in [0.5, 0.6) is 0 Å². The van der Waals surface area contributed by atoms with E-state index in [1.807, 2.05) is 40.4 Å². The Kier molecular flexibility index (Phi) is 5.14. The molecule has 0 radical (unpaired) electrons. The fourth-order valence-corrected chi connectivity index (χ4v) is 3.14. The van der Waals surface area contributed by atoms with Crippen molar-refractivity contribution in [3.05, 3.63) is 78.0 Å². The maximum atomic E-state index is 12.4. The lowest BCUT2D eigenvalue weighted by molar-refractivity contribution is 0.0951. The summed E-state index contributed by atoms with van der Waals surface area (Å²) in [4.78, 5) is 21.3. The third-order valence-electron chi connectivity index (χ3n) is 4.74. The lowest BCUT2D eigenvalue weighted by Gasteiger charge is -2.07. The van der Waals surface area contributed by atoms with Gasteiger partial charge in [0.05, 0.1) is 18.4 Å². The third-order valence-corrected chi connectivity index (χ3v) is 4.74. The van der Waals surface area contributed by atoms with E-state index in [9.17, 15) is 4.79 Å². The molecule has 0 spiro atoms. The van der Waals surface area contributed by atoms with Gasteiger partial charge in [0.25, 0.3) is 5.91 Å². The van der Waals surface area contributed by atoms with Crippen LogP contribution in [0.15, 0.2) is 61.2 Å². The standard InChI is InChI=1S/C21H22N6O/c1-16-7-9-25-27(16)12-10-22-21(28)18-13-19-20(23-14-18)26(15-24-19)11-8-17-5-3-2-4-6-17/h2-7,9,13-15H,8,10-12H2,1H3,(H,22,28). The zero-order chi connectivity index (χ0) is 19.3. The lowest BCUT2D eigenvalue weighted by Crippen LogP contribution is -2.27. The number of pyridine rings is 1. The monoisotopic (exact) mass is 374 g/mol. The molecule has 0 atom stereocenters. The van der Waals surface area contributed by atoms with Crippen LogP contribution in [0.2, 0.25) is 0 Å². The summed E-state index contributed by atoms with van der Waals surface area (Å²) in [6, 6.07) is 14.0. The second-order valence-electron chi connectivity index (χ2n) is 6.69. The van der Waals surface area contributed by atoms with E-state index in [-0.39, 0.29) is 5.91 Å². The van der Waals surface area contributed by atoms with Crippen LogP contribution in [0.1, 0.15) is 21.6 Å². The third kappa shape index (κ3) is 3.93. The first-order chi connectivity index (χ1) is 13.7. The summed E-state index contributed by atoms with van der Waals surface area (Å²) >= 11 is 0. The van der Waals surface area contributed by atoms with Crippen LogP contribution >= 0.6 is 0 Å². The van der Waals surface area contributed by atoms with Crippen molar-refractivity contribution in [1.82, 2.24) is 29.6 Å². The zero-order valence-corrected chi connectivity index (χ0v) is 15.7. The number of amides is 1. The number of rotatable bonds is 7. The van der Waals surface area contributed by atoms with Crippen molar-refractivity contribution in [3.8, 4) is 0 Å². The second-order valence-corrected chi connectivity index (χ2v) is 6.69. The summed E-state index contributed by atoms with van der Waals surface area (Å²) in [5.41, 5.74) is 4.37. The Bertz CT molecular complexity index is 1080. The van der Waals surface area contributed by atoms with Gasteiger partial charge >= 0.3 is 0 Å². The van der Waals surface area contributed by atoms with Crippen LogP contribution in [0.25, 0.3) is 11.2 Å². The van der Waals surface area contributed by atoms with E-state index in [1.54, 1.807) is 24.8 Å². The number of aryl methyl sites for hydroxylation is 3. The van der Waals surface area contributed by atoms with Crippen molar-refractivity contribution >= 4 is 17.1 Å². The van der Waals surface area contributed by atoms with Gasteiger partial charge in [0.1, 0.15) is 5.52 Å². The van der Waals surface area contributed by atoms with Crippen molar-refractivity contribution in [3.63, 3.8) is 0 Å². The number of nitrogens with zero attached hydrogens (tertiary/aromatic N) is 5. The van der Waals surface area contributed by atoms with Crippen molar-refractivity contribution in [1.29, 1.82) is 0 Å².